The normalized spacial score (nSPS) is 14.7. The Labute approximate surface area is 257 Å². The second-order valence-corrected chi connectivity index (χ2v) is 12.1. The number of ether oxygens (including phenoxy) is 1. The summed E-state index contributed by atoms with van der Waals surface area (Å²) < 4.78 is 5.23. The van der Waals surface area contributed by atoms with Crippen molar-refractivity contribution in [2.24, 2.45) is 0 Å². The maximum atomic E-state index is 12.4. The van der Waals surface area contributed by atoms with Crippen LogP contribution in [0.1, 0.15) is 62.2 Å². The van der Waals surface area contributed by atoms with E-state index in [1.165, 1.54) is 0 Å². The van der Waals surface area contributed by atoms with Crippen LogP contribution in [0, 0.1) is 6.92 Å². The number of aliphatic carboxylic acids is 1. The van der Waals surface area contributed by atoms with Gasteiger partial charge in [0.05, 0.1) is 0 Å². The molecule has 1 atom stereocenters. The van der Waals surface area contributed by atoms with E-state index in [4.69, 9.17) is 19.7 Å². The molecule has 5 rings (SSSR count). The second-order valence-electron chi connectivity index (χ2n) is 12.1. The monoisotopic (exact) mass is 597 g/mol. The first-order chi connectivity index (χ1) is 21.1. The number of amides is 1. The molecule has 44 heavy (non-hydrogen) atoms. The van der Waals surface area contributed by atoms with Gasteiger partial charge in [-0.1, -0.05) is 51.1 Å². The molecular weight excluding hydrogens is 558 g/mol. The first-order valence-corrected chi connectivity index (χ1v) is 14.9. The summed E-state index contributed by atoms with van der Waals surface area (Å²) in [5, 5.41) is 16.5. The molecule has 4 heterocycles. The van der Waals surface area contributed by atoms with Gasteiger partial charge in [0.2, 0.25) is 0 Å². The van der Waals surface area contributed by atoms with Gasteiger partial charge in [0.1, 0.15) is 30.1 Å². The fourth-order valence-corrected chi connectivity index (χ4v) is 5.21. The number of alkyl carbamates (subject to hydrolysis) is 1. The van der Waals surface area contributed by atoms with Crippen molar-refractivity contribution in [1.82, 2.24) is 25.3 Å². The van der Waals surface area contributed by atoms with Crippen LogP contribution in [0.5, 0.6) is 0 Å². The van der Waals surface area contributed by atoms with Gasteiger partial charge in [-0.05, 0) is 49.6 Å². The van der Waals surface area contributed by atoms with Crippen molar-refractivity contribution < 1.29 is 19.4 Å². The molecule has 11 heteroatoms. The highest BCUT2D eigenvalue weighted by Gasteiger charge is 2.28. The highest BCUT2D eigenvalue weighted by Crippen LogP contribution is 2.34. The fourth-order valence-electron chi connectivity index (χ4n) is 5.21. The Bertz CT molecular complexity index is 1620. The third kappa shape index (κ3) is 7.39. The van der Waals surface area contributed by atoms with Gasteiger partial charge in [-0.15, -0.1) is 0 Å². The number of carbonyl (C=O) groups is 2. The van der Waals surface area contributed by atoms with Crippen LogP contribution < -0.4 is 15.5 Å². The first-order valence-electron chi connectivity index (χ1n) is 14.9. The summed E-state index contributed by atoms with van der Waals surface area (Å²) in [6.45, 7) is 9.61. The summed E-state index contributed by atoms with van der Waals surface area (Å²) in [5.74, 6) is 1.14. The Balaban J connectivity index is 1.27. The first kappa shape index (κ1) is 30.7. The number of rotatable bonds is 9. The highest BCUT2D eigenvalue weighted by atomic mass is 16.5. The molecule has 11 nitrogen and oxygen atoms in total. The molecule has 1 aromatic carbocycles. The van der Waals surface area contributed by atoms with Crippen molar-refractivity contribution in [2.75, 3.05) is 29.9 Å². The van der Waals surface area contributed by atoms with E-state index in [9.17, 15) is 14.7 Å². The van der Waals surface area contributed by atoms with Gasteiger partial charge in [0.25, 0.3) is 0 Å². The van der Waals surface area contributed by atoms with Crippen molar-refractivity contribution in [2.45, 2.75) is 64.5 Å². The van der Waals surface area contributed by atoms with E-state index in [0.29, 0.717) is 17.6 Å². The Morgan fingerprint density at radius 1 is 1.02 bits per heavy atom. The Morgan fingerprint density at radius 2 is 1.77 bits per heavy atom. The number of benzene rings is 1. The van der Waals surface area contributed by atoms with Crippen LogP contribution in [0.15, 0.2) is 60.8 Å². The molecule has 1 aliphatic heterocycles. The number of hydrogen-bond donors (Lipinski definition) is 3. The smallest absolute Gasteiger partial charge is 0.408 e. The van der Waals surface area contributed by atoms with Crippen molar-refractivity contribution in [3.8, 4) is 0 Å². The lowest BCUT2D eigenvalue weighted by Gasteiger charge is -2.34. The third-order valence-corrected chi connectivity index (χ3v) is 7.77. The van der Waals surface area contributed by atoms with Gasteiger partial charge in [0.15, 0.2) is 5.65 Å². The number of hydrogen-bond acceptors (Lipinski definition) is 9. The molecular formula is C33H39N7O4. The van der Waals surface area contributed by atoms with E-state index < -0.39 is 18.1 Å². The maximum Gasteiger partial charge on any atom is 0.408 e. The van der Waals surface area contributed by atoms with E-state index in [0.717, 1.165) is 59.6 Å². The minimum absolute atomic E-state index is 0.0419. The zero-order valence-corrected chi connectivity index (χ0v) is 25.6. The van der Waals surface area contributed by atoms with Gasteiger partial charge in [-0.25, -0.2) is 29.5 Å². The predicted octanol–water partition coefficient (Wildman–Crippen LogP) is 5.20. The summed E-state index contributed by atoms with van der Waals surface area (Å²) >= 11 is 0. The van der Waals surface area contributed by atoms with Crippen LogP contribution >= 0.6 is 0 Å². The predicted molar refractivity (Wildman–Crippen MR) is 169 cm³/mol. The Morgan fingerprint density at radius 3 is 2.48 bits per heavy atom. The summed E-state index contributed by atoms with van der Waals surface area (Å²) in [4.78, 5) is 45.7. The molecule has 1 saturated heterocycles. The number of pyridine rings is 2. The van der Waals surface area contributed by atoms with E-state index in [2.05, 4.69) is 32.7 Å². The summed E-state index contributed by atoms with van der Waals surface area (Å²) in [6.07, 6.45) is 2.79. The third-order valence-electron chi connectivity index (χ3n) is 7.77. The maximum absolute atomic E-state index is 12.4. The molecule has 1 aliphatic rings. The highest BCUT2D eigenvalue weighted by molar-refractivity contribution is 5.80. The molecule has 0 saturated carbocycles. The van der Waals surface area contributed by atoms with Crippen LogP contribution in [0.3, 0.4) is 0 Å². The van der Waals surface area contributed by atoms with Crippen LogP contribution in [0.25, 0.3) is 11.0 Å². The van der Waals surface area contributed by atoms with Crippen LogP contribution in [-0.4, -0.2) is 62.8 Å². The molecule has 1 amide bonds. The Kier molecular flexibility index (Phi) is 9.22. The molecule has 4 aromatic rings. The second kappa shape index (κ2) is 13.2. The Hall–Kier alpha value is -4.80. The lowest BCUT2D eigenvalue weighted by Crippen LogP contribution is -2.45. The van der Waals surface area contributed by atoms with Crippen molar-refractivity contribution in [3.05, 3.63) is 83.4 Å². The van der Waals surface area contributed by atoms with Gasteiger partial charge < -0.3 is 25.4 Å². The standard InChI is InChI=1S/C33H39N7O4/c1-21-27(35-19-26(30(41)42)37-32(43)44-20-22-9-6-5-7-10-22)38-31(33(2,3)4)39-29(21)40-17-14-23(15-18-40)25-13-12-24-11-8-16-34-28(24)36-25/h5-13,16,23,26H,14-15,17-20H2,1-4H3,(H,37,43)(H,41,42)(H,35,38,39). The molecule has 0 aliphatic carbocycles. The van der Waals surface area contributed by atoms with E-state index in [-0.39, 0.29) is 18.6 Å². The SMILES string of the molecule is Cc1c(NCC(NC(=O)OCc2ccccc2)C(=O)O)nc(C(C)(C)C)nc1N1CCC(c2ccc3cccnc3n2)CC1. The number of carboxylic acid groups (broad SMARTS) is 1. The molecule has 1 fully saturated rings. The number of anilines is 2. The fraction of sp³-hybridized carbons (Fsp3) is 0.394. The van der Waals surface area contributed by atoms with E-state index >= 15 is 0 Å². The van der Waals surface area contributed by atoms with E-state index in [1.807, 2.05) is 70.2 Å². The molecule has 1 unspecified atom stereocenters. The molecule has 3 N–H and O–H groups in total. The zero-order chi connectivity index (χ0) is 31.3. The molecule has 230 valence electrons. The van der Waals surface area contributed by atoms with Crippen molar-refractivity contribution in [3.63, 3.8) is 0 Å². The number of piperidine rings is 1. The van der Waals surface area contributed by atoms with Crippen LogP contribution in [-0.2, 0) is 21.6 Å². The number of aromatic nitrogens is 4. The molecule has 0 spiro atoms. The quantitative estimate of drug-likeness (QED) is 0.236. The average Bonchev–Trinajstić information content (AvgIpc) is 3.02. The van der Waals surface area contributed by atoms with Gasteiger partial charge >= 0.3 is 12.1 Å². The summed E-state index contributed by atoms with van der Waals surface area (Å²) in [5.41, 5.74) is 3.11. The van der Waals surface area contributed by atoms with Crippen LogP contribution in [0.2, 0.25) is 0 Å². The van der Waals surface area contributed by atoms with Gasteiger partial charge in [0, 0.05) is 53.8 Å². The number of nitrogens with zero attached hydrogens (tertiary/aromatic N) is 5. The molecule has 3 aromatic heterocycles. The minimum Gasteiger partial charge on any atom is -0.480 e. The van der Waals surface area contributed by atoms with Gasteiger partial charge in [-0.3, -0.25) is 0 Å². The number of nitrogens with one attached hydrogen (secondary N) is 2. The number of carboxylic acids is 1. The lowest BCUT2D eigenvalue weighted by molar-refractivity contribution is -0.139. The molecule has 0 radical (unpaired) electrons. The largest absolute Gasteiger partial charge is 0.480 e. The zero-order valence-electron chi connectivity index (χ0n) is 25.6. The van der Waals surface area contributed by atoms with E-state index in [1.54, 1.807) is 6.20 Å². The lowest BCUT2D eigenvalue weighted by atomic mass is 9.92. The van der Waals surface area contributed by atoms with Crippen molar-refractivity contribution in [1.29, 1.82) is 0 Å². The molecule has 0 bridgehead atoms. The van der Waals surface area contributed by atoms with Crippen LogP contribution in [0.4, 0.5) is 16.4 Å². The van der Waals surface area contributed by atoms with Gasteiger partial charge in [-0.2, -0.15) is 0 Å². The number of fused-ring (bicyclic) bond motifs is 1. The minimum atomic E-state index is -1.23. The average molecular weight is 598 g/mol. The van der Waals surface area contributed by atoms with Crippen molar-refractivity contribution >= 4 is 34.7 Å². The number of carbonyl (C=O) groups excluding carboxylic acids is 1. The topological polar surface area (TPSA) is 142 Å². The summed E-state index contributed by atoms with van der Waals surface area (Å²) in [7, 11) is 0. The summed E-state index contributed by atoms with van der Waals surface area (Å²) in [6, 6.07) is 16.1.